The molecule has 130 valence electrons. The molecule has 4 rings (SSSR count). The van der Waals surface area contributed by atoms with Crippen LogP contribution in [0.5, 0.6) is 5.75 Å². The fourth-order valence-electron chi connectivity index (χ4n) is 3.62. The summed E-state index contributed by atoms with van der Waals surface area (Å²) in [6.45, 7) is 4.76. The Balaban J connectivity index is 1.37. The minimum absolute atomic E-state index is 0.00750. The van der Waals surface area contributed by atoms with Crippen LogP contribution in [0, 0.1) is 0 Å². The minimum atomic E-state index is 0.00750. The molecule has 1 N–H and O–H groups in total. The van der Waals surface area contributed by atoms with Gasteiger partial charge in [-0.25, -0.2) is 0 Å². The number of nitrogens with one attached hydrogen (secondary N) is 1. The number of carbonyl (C=O) groups is 1. The van der Waals surface area contributed by atoms with Gasteiger partial charge in [-0.1, -0.05) is 18.2 Å². The second-order valence-corrected chi connectivity index (χ2v) is 6.80. The van der Waals surface area contributed by atoms with E-state index >= 15 is 0 Å². The Morgan fingerprint density at radius 2 is 1.80 bits per heavy atom. The standard InChI is InChI=1S/C21H24N2O2/c24-21(22-10-13-23-11-1-2-12-23)17-5-3-16(4-6-17)18-7-8-20-19(15-18)9-14-25-20/h3-8,15H,1-2,9-14H2,(H,22,24). The third-order valence-corrected chi connectivity index (χ3v) is 5.08. The average Bonchev–Trinajstić information content (AvgIpc) is 3.32. The Hall–Kier alpha value is -2.33. The molecule has 0 spiro atoms. The number of benzene rings is 2. The molecule has 2 aromatic carbocycles. The predicted octanol–water partition coefficient (Wildman–Crippen LogP) is 3.11. The summed E-state index contributed by atoms with van der Waals surface area (Å²) in [5.74, 6) is 1.01. The van der Waals surface area contributed by atoms with Gasteiger partial charge >= 0.3 is 0 Å². The number of ether oxygens (including phenoxy) is 1. The van der Waals surface area contributed by atoms with Gasteiger partial charge in [0.25, 0.3) is 5.91 Å². The average molecular weight is 336 g/mol. The maximum atomic E-state index is 12.3. The first-order valence-electron chi connectivity index (χ1n) is 9.16. The zero-order valence-electron chi connectivity index (χ0n) is 14.5. The van der Waals surface area contributed by atoms with Crippen molar-refractivity contribution >= 4 is 5.91 Å². The first-order chi connectivity index (χ1) is 12.3. The van der Waals surface area contributed by atoms with Crippen molar-refractivity contribution in [3.8, 4) is 16.9 Å². The van der Waals surface area contributed by atoms with Crippen molar-refractivity contribution in [2.45, 2.75) is 19.3 Å². The Bertz CT molecular complexity index is 749. The number of rotatable bonds is 5. The summed E-state index contributed by atoms with van der Waals surface area (Å²) in [4.78, 5) is 14.7. The van der Waals surface area contributed by atoms with E-state index in [2.05, 4.69) is 22.3 Å². The monoisotopic (exact) mass is 336 g/mol. The van der Waals surface area contributed by atoms with Crippen LogP contribution in [-0.2, 0) is 6.42 Å². The molecule has 0 radical (unpaired) electrons. The maximum absolute atomic E-state index is 12.3. The van der Waals surface area contributed by atoms with Crippen LogP contribution >= 0.6 is 0 Å². The first kappa shape index (κ1) is 16.2. The Morgan fingerprint density at radius 3 is 2.60 bits per heavy atom. The van der Waals surface area contributed by atoms with Gasteiger partial charge in [0.2, 0.25) is 0 Å². The van der Waals surface area contributed by atoms with E-state index in [-0.39, 0.29) is 5.91 Å². The normalized spacial score (nSPS) is 16.5. The zero-order chi connectivity index (χ0) is 17.1. The summed E-state index contributed by atoms with van der Waals surface area (Å²) in [6.07, 6.45) is 3.54. The van der Waals surface area contributed by atoms with Crippen molar-refractivity contribution in [1.82, 2.24) is 10.2 Å². The van der Waals surface area contributed by atoms with Crippen LogP contribution in [0.25, 0.3) is 11.1 Å². The summed E-state index contributed by atoms with van der Waals surface area (Å²) < 4.78 is 5.56. The number of hydrogen-bond acceptors (Lipinski definition) is 3. The SMILES string of the molecule is O=C(NCCN1CCCC1)c1ccc(-c2ccc3c(c2)CCO3)cc1. The number of nitrogens with zero attached hydrogens (tertiary/aromatic N) is 1. The van der Waals surface area contributed by atoms with Gasteiger partial charge in [-0.05, 0) is 66.9 Å². The molecule has 2 heterocycles. The quantitative estimate of drug-likeness (QED) is 0.912. The van der Waals surface area contributed by atoms with E-state index in [0.29, 0.717) is 6.54 Å². The largest absolute Gasteiger partial charge is 0.493 e. The summed E-state index contributed by atoms with van der Waals surface area (Å²) in [5.41, 5.74) is 4.28. The van der Waals surface area contributed by atoms with Crippen LogP contribution < -0.4 is 10.1 Å². The van der Waals surface area contributed by atoms with Gasteiger partial charge in [0, 0.05) is 25.1 Å². The van der Waals surface area contributed by atoms with Crippen LogP contribution in [0.15, 0.2) is 42.5 Å². The molecule has 0 aliphatic carbocycles. The smallest absolute Gasteiger partial charge is 0.251 e. The Morgan fingerprint density at radius 1 is 1.04 bits per heavy atom. The van der Waals surface area contributed by atoms with Crippen LogP contribution in [0.3, 0.4) is 0 Å². The van der Waals surface area contributed by atoms with Crippen molar-refractivity contribution in [1.29, 1.82) is 0 Å². The van der Waals surface area contributed by atoms with Crippen molar-refractivity contribution in [2.75, 3.05) is 32.8 Å². The highest BCUT2D eigenvalue weighted by Crippen LogP contribution is 2.30. The van der Waals surface area contributed by atoms with Gasteiger partial charge in [-0.15, -0.1) is 0 Å². The Labute approximate surface area is 148 Å². The molecule has 4 heteroatoms. The first-order valence-corrected chi connectivity index (χ1v) is 9.16. The maximum Gasteiger partial charge on any atom is 0.251 e. The third-order valence-electron chi connectivity index (χ3n) is 5.08. The highest BCUT2D eigenvalue weighted by molar-refractivity contribution is 5.94. The van der Waals surface area contributed by atoms with Gasteiger partial charge in [-0.3, -0.25) is 4.79 Å². The lowest BCUT2D eigenvalue weighted by Crippen LogP contribution is -2.33. The van der Waals surface area contributed by atoms with E-state index in [1.807, 2.05) is 30.3 Å². The number of hydrogen-bond donors (Lipinski definition) is 1. The molecule has 4 nitrogen and oxygen atoms in total. The summed E-state index contributed by atoms with van der Waals surface area (Å²) >= 11 is 0. The van der Waals surface area contributed by atoms with Crippen molar-refractivity contribution < 1.29 is 9.53 Å². The van der Waals surface area contributed by atoms with E-state index in [0.717, 1.165) is 49.5 Å². The highest BCUT2D eigenvalue weighted by atomic mass is 16.5. The zero-order valence-corrected chi connectivity index (χ0v) is 14.5. The van der Waals surface area contributed by atoms with Gasteiger partial charge in [0.05, 0.1) is 6.61 Å². The predicted molar refractivity (Wildman–Crippen MR) is 99.1 cm³/mol. The Kier molecular flexibility index (Phi) is 4.70. The molecule has 2 aromatic rings. The van der Waals surface area contributed by atoms with Gasteiger partial charge < -0.3 is 15.0 Å². The summed E-state index contributed by atoms with van der Waals surface area (Å²) in [7, 11) is 0. The lowest BCUT2D eigenvalue weighted by atomic mass is 10.0. The lowest BCUT2D eigenvalue weighted by Gasteiger charge is -2.14. The lowest BCUT2D eigenvalue weighted by molar-refractivity contribution is 0.0950. The molecule has 0 bridgehead atoms. The second-order valence-electron chi connectivity index (χ2n) is 6.80. The van der Waals surface area contributed by atoms with Crippen LogP contribution in [0.4, 0.5) is 0 Å². The molecule has 25 heavy (non-hydrogen) atoms. The molecule has 0 aromatic heterocycles. The fraction of sp³-hybridized carbons (Fsp3) is 0.381. The van der Waals surface area contributed by atoms with E-state index < -0.39 is 0 Å². The highest BCUT2D eigenvalue weighted by Gasteiger charge is 2.14. The fourth-order valence-corrected chi connectivity index (χ4v) is 3.62. The molecule has 1 amide bonds. The van der Waals surface area contributed by atoms with E-state index in [1.54, 1.807) is 0 Å². The molecule has 1 fully saturated rings. The van der Waals surface area contributed by atoms with Gasteiger partial charge in [0.1, 0.15) is 5.75 Å². The number of likely N-dealkylation sites (tertiary alicyclic amines) is 1. The van der Waals surface area contributed by atoms with E-state index in [9.17, 15) is 4.79 Å². The van der Waals surface area contributed by atoms with Crippen molar-refractivity contribution in [3.63, 3.8) is 0 Å². The van der Waals surface area contributed by atoms with Crippen molar-refractivity contribution in [2.24, 2.45) is 0 Å². The summed E-state index contributed by atoms with van der Waals surface area (Å²) in [6, 6.07) is 14.2. The van der Waals surface area contributed by atoms with E-state index in [4.69, 9.17) is 4.74 Å². The number of carbonyl (C=O) groups excluding carboxylic acids is 1. The number of amides is 1. The molecular weight excluding hydrogens is 312 g/mol. The van der Waals surface area contributed by atoms with Gasteiger partial charge in [0.15, 0.2) is 0 Å². The third kappa shape index (κ3) is 3.69. The molecule has 0 atom stereocenters. The molecule has 2 aliphatic rings. The molecular formula is C21H24N2O2. The van der Waals surface area contributed by atoms with Gasteiger partial charge in [-0.2, -0.15) is 0 Å². The topological polar surface area (TPSA) is 41.6 Å². The molecule has 1 saturated heterocycles. The van der Waals surface area contributed by atoms with E-state index in [1.165, 1.54) is 24.0 Å². The minimum Gasteiger partial charge on any atom is -0.493 e. The van der Waals surface area contributed by atoms with Crippen LogP contribution in [0.2, 0.25) is 0 Å². The molecule has 2 aliphatic heterocycles. The number of fused-ring (bicyclic) bond motifs is 1. The van der Waals surface area contributed by atoms with Crippen LogP contribution in [0.1, 0.15) is 28.8 Å². The van der Waals surface area contributed by atoms with Crippen LogP contribution in [-0.4, -0.2) is 43.6 Å². The summed E-state index contributed by atoms with van der Waals surface area (Å²) in [5, 5.41) is 3.02. The van der Waals surface area contributed by atoms with Crippen molar-refractivity contribution in [3.05, 3.63) is 53.6 Å². The molecule has 0 saturated carbocycles. The second kappa shape index (κ2) is 7.28. The molecule has 0 unspecified atom stereocenters.